The Morgan fingerprint density at radius 1 is 1.05 bits per heavy atom. The van der Waals surface area contributed by atoms with Gasteiger partial charge in [0.15, 0.2) is 0 Å². The number of hydrogen-bond donors (Lipinski definition) is 2. The summed E-state index contributed by atoms with van der Waals surface area (Å²) in [5.41, 5.74) is 2.69. The predicted molar refractivity (Wildman–Crippen MR) is 84.3 cm³/mol. The Morgan fingerprint density at radius 3 is 2.50 bits per heavy atom. The van der Waals surface area contributed by atoms with Crippen molar-refractivity contribution in [2.24, 2.45) is 15.4 Å². The van der Waals surface area contributed by atoms with Gasteiger partial charge in [-0.2, -0.15) is 10.2 Å². The summed E-state index contributed by atoms with van der Waals surface area (Å²) < 4.78 is 22.3. The maximum Gasteiger partial charge on any atom is 0.238 e. The van der Waals surface area contributed by atoms with Crippen molar-refractivity contribution in [2.45, 2.75) is 11.4 Å². The van der Waals surface area contributed by atoms with Gasteiger partial charge in [0.05, 0.1) is 17.1 Å². The number of nitrogens with one attached hydrogen (secondary N) is 1. The van der Waals surface area contributed by atoms with E-state index >= 15 is 0 Å². The molecule has 0 spiro atoms. The molecule has 0 bridgehead atoms. The Morgan fingerprint density at radius 2 is 1.77 bits per heavy atom. The molecule has 0 radical (unpaired) electrons. The minimum Gasteiger partial charge on any atom is -0.361 e. The first-order valence-electron chi connectivity index (χ1n) is 6.59. The van der Waals surface area contributed by atoms with Gasteiger partial charge in [-0.3, -0.25) is 0 Å². The lowest BCUT2D eigenvalue weighted by molar-refractivity contribution is 0.598. The summed E-state index contributed by atoms with van der Waals surface area (Å²) in [5.74, 6) is 0. The van der Waals surface area contributed by atoms with E-state index in [1.165, 1.54) is 12.1 Å². The van der Waals surface area contributed by atoms with E-state index in [1.807, 2.05) is 30.5 Å². The molecule has 0 saturated carbocycles. The van der Waals surface area contributed by atoms with E-state index in [-0.39, 0.29) is 4.90 Å². The third-order valence-corrected chi connectivity index (χ3v) is 4.20. The highest BCUT2D eigenvalue weighted by atomic mass is 32.2. The minimum atomic E-state index is -3.68. The summed E-state index contributed by atoms with van der Waals surface area (Å²) in [7, 11) is -3.68. The van der Waals surface area contributed by atoms with Gasteiger partial charge in [0.2, 0.25) is 10.0 Å². The normalized spacial score (nSPS) is 12.2. The van der Waals surface area contributed by atoms with E-state index in [4.69, 9.17) is 5.14 Å². The number of benzene rings is 2. The van der Waals surface area contributed by atoms with Crippen LogP contribution in [0.1, 0.15) is 5.56 Å². The average molecular weight is 314 g/mol. The first kappa shape index (κ1) is 14.4. The number of rotatable bonds is 4. The van der Waals surface area contributed by atoms with Gasteiger partial charge in [-0.1, -0.05) is 18.2 Å². The van der Waals surface area contributed by atoms with Gasteiger partial charge in [0.25, 0.3) is 0 Å². The molecule has 0 aliphatic rings. The number of sulfonamides is 1. The molecular weight excluding hydrogens is 300 g/mol. The largest absolute Gasteiger partial charge is 0.361 e. The lowest BCUT2D eigenvalue weighted by atomic mass is 10.2. The van der Waals surface area contributed by atoms with Crippen molar-refractivity contribution in [1.82, 2.24) is 4.98 Å². The number of azo groups is 1. The van der Waals surface area contributed by atoms with Gasteiger partial charge in [-0.15, -0.1) is 0 Å². The average Bonchev–Trinajstić information content (AvgIpc) is 2.90. The molecule has 0 aliphatic heterocycles. The summed E-state index contributed by atoms with van der Waals surface area (Å²) >= 11 is 0. The molecule has 6 nitrogen and oxygen atoms in total. The van der Waals surface area contributed by atoms with Crippen molar-refractivity contribution in [3.8, 4) is 0 Å². The molecule has 0 fully saturated rings. The Balaban J connectivity index is 1.75. The van der Waals surface area contributed by atoms with Crippen molar-refractivity contribution in [3.05, 3.63) is 60.3 Å². The lowest BCUT2D eigenvalue weighted by Crippen LogP contribution is -2.11. The number of fused-ring (bicyclic) bond motifs is 1. The predicted octanol–water partition coefficient (Wildman–Crippen LogP) is 3.10. The van der Waals surface area contributed by atoms with Crippen molar-refractivity contribution in [3.63, 3.8) is 0 Å². The van der Waals surface area contributed by atoms with Crippen LogP contribution in [0.4, 0.5) is 5.69 Å². The Bertz CT molecular complexity index is 928. The van der Waals surface area contributed by atoms with Crippen molar-refractivity contribution < 1.29 is 8.42 Å². The number of hydrogen-bond acceptors (Lipinski definition) is 4. The fourth-order valence-electron chi connectivity index (χ4n) is 2.16. The van der Waals surface area contributed by atoms with Gasteiger partial charge in [-0.05, 0) is 30.3 Å². The Labute approximate surface area is 127 Å². The van der Waals surface area contributed by atoms with Gasteiger partial charge < -0.3 is 4.98 Å². The molecule has 7 heteroatoms. The second kappa shape index (κ2) is 5.70. The number of para-hydroxylation sites is 1. The van der Waals surface area contributed by atoms with Crippen LogP contribution in [0, 0.1) is 0 Å². The highest BCUT2D eigenvalue weighted by Gasteiger charge is 2.06. The SMILES string of the molecule is NS(=O)(=O)c1ccc(N=NCc2c[nH]c3ccccc23)cc1. The maximum absolute atomic E-state index is 11.2. The second-order valence-corrected chi connectivity index (χ2v) is 6.36. The number of aromatic amines is 1. The standard InChI is InChI=1S/C15H14N4O2S/c16-22(20,21)13-7-5-12(6-8-13)19-18-10-11-9-17-15-4-2-1-3-14(11)15/h1-9,17H,10H2,(H2,16,20,21). The van der Waals surface area contributed by atoms with Crippen LogP contribution in [0.3, 0.4) is 0 Å². The number of nitrogens with zero attached hydrogens (tertiary/aromatic N) is 2. The van der Waals surface area contributed by atoms with E-state index in [1.54, 1.807) is 12.1 Å². The van der Waals surface area contributed by atoms with Crippen LogP contribution in [0.5, 0.6) is 0 Å². The van der Waals surface area contributed by atoms with Gasteiger partial charge in [0.1, 0.15) is 0 Å². The summed E-state index contributed by atoms with van der Waals surface area (Å²) in [4.78, 5) is 3.24. The quantitative estimate of drug-likeness (QED) is 0.723. The topological polar surface area (TPSA) is 101 Å². The molecule has 3 aromatic rings. The number of H-pyrrole nitrogens is 1. The van der Waals surface area contributed by atoms with Crippen LogP contribution in [-0.4, -0.2) is 13.4 Å². The van der Waals surface area contributed by atoms with Crippen LogP contribution in [-0.2, 0) is 16.6 Å². The maximum atomic E-state index is 11.2. The Hall–Kier alpha value is -2.51. The molecule has 0 unspecified atom stereocenters. The Kier molecular flexibility index (Phi) is 3.74. The summed E-state index contributed by atoms with van der Waals surface area (Å²) in [6.07, 6.45) is 1.91. The molecule has 2 aromatic carbocycles. The van der Waals surface area contributed by atoms with E-state index in [2.05, 4.69) is 15.2 Å². The smallest absolute Gasteiger partial charge is 0.238 e. The number of nitrogens with two attached hydrogens (primary N) is 1. The summed E-state index contributed by atoms with van der Waals surface area (Å²) in [6, 6.07) is 13.9. The molecule has 0 aliphatic carbocycles. The number of primary sulfonamides is 1. The van der Waals surface area contributed by atoms with Crippen LogP contribution >= 0.6 is 0 Å². The third kappa shape index (κ3) is 3.05. The molecule has 3 rings (SSSR count). The lowest BCUT2D eigenvalue weighted by Gasteiger charge is -1.98. The fraction of sp³-hybridized carbons (Fsp3) is 0.0667. The van der Waals surface area contributed by atoms with Crippen LogP contribution in [0.25, 0.3) is 10.9 Å². The molecule has 1 aromatic heterocycles. The first-order chi connectivity index (χ1) is 10.5. The molecule has 1 heterocycles. The minimum absolute atomic E-state index is 0.0584. The first-order valence-corrected chi connectivity index (χ1v) is 8.14. The molecule has 22 heavy (non-hydrogen) atoms. The zero-order chi connectivity index (χ0) is 15.6. The fourth-order valence-corrected chi connectivity index (χ4v) is 2.67. The van der Waals surface area contributed by atoms with Gasteiger partial charge in [0, 0.05) is 22.7 Å². The summed E-state index contributed by atoms with van der Waals surface area (Å²) in [5, 5.41) is 14.4. The van der Waals surface area contributed by atoms with Crippen LogP contribution < -0.4 is 5.14 Å². The van der Waals surface area contributed by atoms with Gasteiger partial charge >= 0.3 is 0 Å². The number of aromatic nitrogens is 1. The molecule has 3 N–H and O–H groups in total. The van der Waals surface area contributed by atoms with Crippen LogP contribution in [0.15, 0.2) is 69.9 Å². The van der Waals surface area contributed by atoms with E-state index in [0.29, 0.717) is 12.2 Å². The molecular formula is C15H14N4O2S. The van der Waals surface area contributed by atoms with E-state index in [9.17, 15) is 8.42 Å². The van der Waals surface area contributed by atoms with Gasteiger partial charge in [-0.25, -0.2) is 13.6 Å². The third-order valence-electron chi connectivity index (χ3n) is 3.27. The molecule has 0 saturated heterocycles. The van der Waals surface area contributed by atoms with Crippen molar-refractivity contribution >= 4 is 26.6 Å². The molecule has 0 atom stereocenters. The zero-order valence-corrected chi connectivity index (χ0v) is 12.4. The highest BCUT2D eigenvalue weighted by Crippen LogP contribution is 2.20. The zero-order valence-electron chi connectivity index (χ0n) is 11.6. The highest BCUT2D eigenvalue weighted by molar-refractivity contribution is 7.89. The van der Waals surface area contributed by atoms with Crippen LogP contribution in [0.2, 0.25) is 0 Å². The monoisotopic (exact) mass is 314 g/mol. The second-order valence-electron chi connectivity index (χ2n) is 4.80. The van der Waals surface area contributed by atoms with Crippen molar-refractivity contribution in [2.75, 3.05) is 0 Å². The molecule has 112 valence electrons. The van der Waals surface area contributed by atoms with Crippen molar-refractivity contribution in [1.29, 1.82) is 0 Å². The summed E-state index contributed by atoms with van der Waals surface area (Å²) in [6.45, 7) is 0.445. The molecule has 0 amide bonds. The van der Waals surface area contributed by atoms with E-state index in [0.717, 1.165) is 16.5 Å². The van der Waals surface area contributed by atoms with E-state index < -0.39 is 10.0 Å².